The zero-order valence-electron chi connectivity index (χ0n) is 19.2. The lowest BCUT2D eigenvalue weighted by molar-refractivity contribution is -0.126. The fourth-order valence-electron chi connectivity index (χ4n) is 4.93. The second-order valence-corrected chi connectivity index (χ2v) is 10.6. The summed E-state index contributed by atoms with van der Waals surface area (Å²) in [6.45, 7) is 2.71. The van der Waals surface area contributed by atoms with Gasteiger partial charge in [-0.3, -0.25) is 9.69 Å². The quantitative estimate of drug-likeness (QED) is 0.640. The number of rotatable bonds is 8. The van der Waals surface area contributed by atoms with E-state index in [1.807, 2.05) is 24.3 Å². The van der Waals surface area contributed by atoms with E-state index in [1.54, 1.807) is 37.4 Å². The minimum atomic E-state index is -3.73. The van der Waals surface area contributed by atoms with Crippen LogP contribution in [0, 0.1) is 0 Å². The van der Waals surface area contributed by atoms with E-state index in [2.05, 4.69) is 10.2 Å². The van der Waals surface area contributed by atoms with Gasteiger partial charge in [-0.1, -0.05) is 42.8 Å². The largest absolute Gasteiger partial charge is 0.496 e. The first-order valence-corrected chi connectivity index (χ1v) is 13.2. The van der Waals surface area contributed by atoms with Crippen molar-refractivity contribution in [2.24, 2.45) is 0 Å². The first-order chi connectivity index (χ1) is 16.0. The molecule has 0 spiro atoms. The van der Waals surface area contributed by atoms with Gasteiger partial charge in [-0.15, -0.1) is 0 Å². The van der Waals surface area contributed by atoms with E-state index in [-0.39, 0.29) is 16.8 Å². The van der Waals surface area contributed by atoms with E-state index < -0.39 is 16.1 Å². The average molecular weight is 472 g/mol. The topological polar surface area (TPSA) is 79.0 Å². The number of benzene rings is 2. The van der Waals surface area contributed by atoms with Gasteiger partial charge in [-0.05, 0) is 57.0 Å². The summed E-state index contributed by atoms with van der Waals surface area (Å²) in [6.07, 6.45) is 4.38. The Balaban J connectivity index is 1.52. The summed E-state index contributed by atoms with van der Waals surface area (Å²) in [5, 5.41) is 3.09. The van der Waals surface area contributed by atoms with Crippen LogP contribution < -0.4 is 10.1 Å². The van der Waals surface area contributed by atoms with Crippen molar-refractivity contribution in [3.8, 4) is 5.75 Å². The molecule has 2 atom stereocenters. The first-order valence-electron chi connectivity index (χ1n) is 11.7. The molecular weight excluding hydrogens is 438 g/mol. The van der Waals surface area contributed by atoms with Crippen LogP contribution in [0.1, 0.15) is 43.7 Å². The van der Waals surface area contributed by atoms with Crippen LogP contribution in [0.2, 0.25) is 0 Å². The summed E-state index contributed by atoms with van der Waals surface area (Å²) in [5.41, 5.74) is 1.04. The van der Waals surface area contributed by atoms with Crippen molar-refractivity contribution in [1.29, 1.82) is 0 Å². The molecule has 4 rings (SSSR count). The highest BCUT2D eigenvalue weighted by Gasteiger charge is 2.38. The molecule has 2 aliphatic rings. The minimum Gasteiger partial charge on any atom is -0.496 e. The number of ether oxygens (including phenoxy) is 1. The molecule has 0 aromatic heterocycles. The molecule has 178 valence electrons. The highest BCUT2D eigenvalue weighted by molar-refractivity contribution is 7.89. The lowest BCUT2D eigenvalue weighted by Crippen LogP contribution is -2.52. The van der Waals surface area contributed by atoms with Gasteiger partial charge in [0.1, 0.15) is 11.8 Å². The summed E-state index contributed by atoms with van der Waals surface area (Å²) in [6, 6.07) is 15.6. The molecule has 2 unspecified atom stereocenters. The number of carbonyl (C=O) groups is 1. The van der Waals surface area contributed by atoms with E-state index in [0.717, 1.165) is 50.1 Å². The molecule has 0 aliphatic carbocycles. The lowest BCUT2D eigenvalue weighted by atomic mass is 10.0. The SMILES string of the molecule is COc1ccccc1C(CNC(=O)C1CCCCN1S(=O)(=O)c1ccccc1)N1CCCC1. The molecule has 2 saturated heterocycles. The molecule has 0 bridgehead atoms. The molecule has 2 fully saturated rings. The maximum absolute atomic E-state index is 13.3. The second kappa shape index (κ2) is 10.7. The van der Waals surface area contributed by atoms with E-state index in [4.69, 9.17) is 4.74 Å². The van der Waals surface area contributed by atoms with Crippen molar-refractivity contribution in [1.82, 2.24) is 14.5 Å². The predicted molar refractivity (Wildman–Crippen MR) is 128 cm³/mol. The Bertz CT molecular complexity index is 1040. The van der Waals surface area contributed by atoms with Crippen LogP contribution in [0.4, 0.5) is 0 Å². The van der Waals surface area contributed by atoms with E-state index >= 15 is 0 Å². The third-order valence-corrected chi connectivity index (χ3v) is 8.58. The molecule has 33 heavy (non-hydrogen) atoms. The molecule has 0 radical (unpaired) electrons. The number of amides is 1. The zero-order valence-corrected chi connectivity index (χ0v) is 20.0. The van der Waals surface area contributed by atoms with Crippen molar-refractivity contribution in [3.05, 3.63) is 60.2 Å². The molecule has 2 aromatic rings. The number of nitrogens with zero attached hydrogens (tertiary/aromatic N) is 2. The van der Waals surface area contributed by atoms with Gasteiger partial charge in [0.15, 0.2) is 0 Å². The summed E-state index contributed by atoms with van der Waals surface area (Å²) in [5.74, 6) is 0.572. The summed E-state index contributed by atoms with van der Waals surface area (Å²) in [7, 11) is -2.07. The molecule has 2 aromatic carbocycles. The normalized spacial score (nSPS) is 20.9. The van der Waals surface area contributed by atoms with Gasteiger partial charge in [0.2, 0.25) is 15.9 Å². The highest BCUT2D eigenvalue weighted by atomic mass is 32.2. The number of para-hydroxylation sites is 1. The maximum Gasteiger partial charge on any atom is 0.243 e. The van der Waals surface area contributed by atoms with Gasteiger partial charge in [-0.2, -0.15) is 4.31 Å². The number of sulfonamides is 1. The summed E-state index contributed by atoms with van der Waals surface area (Å²) in [4.78, 5) is 15.9. The van der Waals surface area contributed by atoms with Crippen LogP contribution in [0.15, 0.2) is 59.5 Å². The van der Waals surface area contributed by atoms with Crippen molar-refractivity contribution in [2.75, 3.05) is 33.3 Å². The zero-order chi connectivity index (χ0) is 23.3. The fourth-order valence-corrected chi connectivity index (χ4v) is 6.61. The Morgan fingerprint density at radius 2 is 1.67 bits per heavy atom. The summed E-state index contributed by atoms with van der Waals surface area (Å²) >= 11 is 0. The third kappa shape index (κ3) is 5.23. The smallest absolute Gasteiger partial charge is 0.243 e. The van der Waals surface area contributed by atoms with Crippen LogP contribution in [0.25, 0.3) is 0 Å². The Kier molecular flexibility index (Phi) is 7.67. The van der Waals surface area contributed by atoms with Gasteiger partial charge in [0, 0.05) is 18.7 Å². The number of hydrogen-bond donors (Lipinski definition) is 1. The minimum absolute atomic E-state index is 0.0182. The maximum atomic E-state index is 13.3. The fraction of sp³-hybridized carbons (Fsp3) is 0.480. The molecule has 2 aliphatic heterocycles. The molecule has 0 saturated carbocycles. The van der Waals surface area contributed by atoms with Crippen molar-refractivity contribution < 1.29 is 17.9 Å². The van der Waals surface area contributed by atoms with Crippen molar-refractivity contribution in [3.63, 3.8) is 0 Å². The number of carbonyl (C=O) groups excluding carboxylic acids is 1. The molecule has 7 nitrogen and oxygen atoms in total. The van der Waals surface area contributed by atoms with Gasteiger partial charge in [0.25, 0.3) is 0 Å². The van der Waals surface area contributed by atoms with Crippen LogP contribution in [-0.4, -0.2) is 62.9 Å². The summed E-state index contributed by atoms with van der Waals surface area (Å²) < 4.78 is 33.5. The Hall–Kier alpha value is -2.42. The van der Waals surface area contributed by atoms with Crippen LogP contribution >= 0.6 is 0 Å². The first kappa shape index (κ1) is 23.7. The van der Waals surface area contributed by atoms with Gasteiger partial charge in [0.05, 0.1) is 18.0 Å². The molecule has 8 heteroatoms. The number of nitrogens with one attached hydrogen (secondary N) is 1. The van der Waals surface area contributed by atoms with Crippen molar-refractivity contribution >= 4 is 15.9 Å². The molecular formula is C25H33N3O4S. The number of methoxy groups -OCH3 is 1. The lowest BCUT2D eigenvalue weighted by Gasteiger charge is -2.35. The monoisotopic (exact) mass is 471 g/mol. The highest BCUT2D eigenvalue weighted by Crippen LogP contribution is 2.32. The molecule has 1 amide bonds. The number of likely N-dealkylation sites (tertiary alicyclic amines) is 1. The van der Waals surface area contributed by atoms with Gasteiger partial charge >= 0.3 is 0 Å². The predicted octanol–water partition coefficient (Wildman–Crippen LogP) is 3.19. The number of piperidine rings is 1. The second-order valence-electron chi connectivity index (χ2n) is 8.69. The van der Waals surface area contributed by atoms with Gasteiger partial charge < -0.3 is 10.1 Å². The average Bonchev–Trinajstić information content (AvgIpc) is 3.39. The third-order valence-electron chi connectivity index (χ3n) is 6.66. The Labute approximate surface area is 196 Å². The molecule has 1 N–H and O–H groups in total. The van der Waals surface area contributed by atoms with Crippen LogP contribution in [-0.2, 0) is 14.8 Å². The van der Waals surface area contributed by atoms with Crippen LogP contribution in [0.5, 0.6) is 5.75 Å². The van der Waals surface area contributed by atoms with Crippen molar-refractivity contribution in [2.45, 2.75) is 49.1 Å². The Morgan fingerprint density at radius 3 is 2.39 bits per heavy atom. The van der Waals surface area contributed by atoms with E-state index in [0.29, 0.717) is 19.5 Å². The molecule has 2 heterocycles. The van der Waals surface area contributed by atoms with E-state index in [9.17, 15) is 13.2 Å². The number of hydrogen-bond acceptors (Lipinski definition) is 5. The van der Waals surface area contributed by atoms with E-state index in [1.165, 1.54) is 4.31 Å². The van der Waals surface area contributed by atoms with Crippen LogP contribution in [0.3, 0.4) is 0 Å². The van der Waals surface area contributed by atoms with Gasteiger partial charge in [-0.25, -0.2) is 8.42 Å². The standard InChI is InChI=1S/C25H33N3O4S/c1-32-24-15-6-5-13-21(24)23(27-16-9-10-17-27)19-26-25(29)22-14-7-8-18-28(22)33(30,31)20-11-3-2-4-12-20/h2-6,11-13,15,22-23H,7-10,14,16-19H2,1H3,(H,26,29). The Morgan fingerprint density at radius 1 is 1.00 bits per heavy atom.